The Morgan fingerprint density at radius 3 is 2.68 bits per heavy atom. The summed E-state index contributed by atoms with van der Waals surface area (Å²) < 4.78 is 0. The zero-order valence-electron chi connectivity index (χ0n) is 12.7. The van der Waals surface area contributed by atoms with Crippen LogP contribution in [-0.4, -0.2) is 17.1 Å². The van der Waals surface area contributed by atoms with Gasteiger partial charge in [0.05, 0.1) is 11.1 Å². The Balaban J connectivity index is 1.64. The highest BCUT2D eigenvalue weighted by atomic mass is 35.5. The summed E-state index contributed by atoms with van der Waals surface area (Å²) in [5, 5.41) is 8.51. The van der Waals surface area contributed by atoms with Crippen molar-refractivity contribution < 1.29 is 4.79 Å². The fourth-order valence-electron chi connectivity index (χ4n) is 1.94. The molecule has 0 saturated carbocycles. The number of rotatable bonds is 5. The fourth-order valence-corrected chi connectivity index (χ4v) is 3.17. The molecule has 0 aliphatic carbocycles. The molecule has 1 heterocycles. The smallest absolute Gasteiger partial charge is 0.271 e. The molecule has 2 N–H and O–H groups in total. The van der Waals surface area contributed by atoms with Gasteiger partial charge >= 0.3 is 0 Å². The number of anilines is 2. The summed E-state index contributed by atoms with van der Waals surface area (Å²) in [5.74, 6) is -0.359. The highest BCUT2D eigenvalue weighted by Crippen LogP contribution is 2.27. The monoisotopic (exact) mass is 390 g/mol. The van der Waals surface area contributed by atoms with Gasteiger partial charge in [0.15, 0.2) is 10.3 Å². The Hall–Kier alpha value is -2.41. The molecule has 8 heteroatoms. The third kappa shape index (κ3) is 4.79. The molecule has 0 aliphatic heterocycles. The van der Waals surface area contributed by atoms with Crippen molar-refractivity contribution in [1.29, 1.82) is 0 Å². The van der Waals surface area contributed by atoms with Crippen LogP contribution in [0.3, 0.4) is 0 Å². The number of thiazole rings is 1. The zero-order chi connectivity index (χ0) is 17.6. The van der Waals surface area contributed by atoms with Crippen molar-refractivity contribution in [3.05, 3.63) is 75.2 Å². The van der Waals surface area contributed by atoms with Crippen molar-refractivity contribution in [3.63, 3.8) is 0 Å². The molecule has 5 nitrogen and oxygen atoms in total. The molecule has 0 radical (unpaired) electrons. The number of halogens is 2. The maximum atomic E-state index is 12.0. The van der Waals surface area contributed by atoms with E-state index in [1.807, 2.05) is 30.3 Å². The van der Waals surface area contributed by atoms with Crippen LogP contribution in [0.4, 0.5) is 10.8 Å². The van der Waals surface area contributed by atoms with Gasteiger partial charge in [0.25, 0.3) is 5.91 Å². The summed E-state index contributed by atoms with van der Waals surface area (Å²) in [6.07, 6.45) is 1.46. The third-order valence-electron chi connectivity index (χ3n) is 3.07. The van der Waals surface area contributed by atoms with Gasteiger partial charge in [-0.15, -0.1) is 0 Å². The molecule has 126 valence electrons. The Morgan fingerprint density at radius 2 is 1.92 bits per heavy atom. The normalized spacial score (nSPS) is 10.8. The van der Waals surface area contributed by atoms with Crippen LogP contribution in [0.2, 0.25) is 10.2 Å². The predicted molar refractivity (Wildman–Crippen MR) is 103 cm³/mol. The van der Waals surface area contributed by atoms with Gasteiger partial charge in [-0.05, 0) is 30.3 Å². The van der Waals surface area contributed by atoms with Crippen molar-refractivity contribution in [2.45, 2.75) is 0 Å². The number of nitrogens with one attached hydrogen (secondary N) is 2. The predicted octanol–water partition coefficient (Wildman–Crippen LogP) is 4.96. The molecule has 25 heavy (non-hydrogen) atoms. The molecule has 1 aromatic heterocycles. The van der Waals surface area contributed by atoms with Gasteiger partial charge in [-0.25, -0.2) is 10.4 Å². The van der Waals surface area contributed by atoms with Crippen molar-refractivity contribution in [2.24, 2.45) is 5.10 Å². The zero-order valence-corrected chi connectivity index (χ0v) is 15.1. The Bertz CT molecular complexity index is 912. The number of nitrogens with zero attached hydrogens (tertiary/aromatic N) is 2. The van der Waals surface area contributed by atoms with E-state index < -0.39 is 0 Å². The molecule has 0 aliphatic rings. The first-order valence-electron chi connectivity index (χ1n) is 7.19. The van der Waals surface area contributed by atoms with Gasteiger partial charge in [-0.3, -0.25) is 4.79 Å². The molecule has 1 amide bonds. The second kappa shape index (κ2) is 8.11. The lowest BCUT2D eigenvalue weighted by molar-refractivity contribution is 0.0955. The first kappa shape index (κ1) is 17.4. The summed E-state index contributed by atoms with van der Waals surface area (Å²) in [4.78, 5) is 16.8. The summed E-state index contributed by atoms with van der Waals surface area (Å²) in [6.45, 7) is 0. The van der Waals surface area contributed by atoms with Crippen LogP contribution in [0.15, 0.2) is 59.7 Å². The standard InChI is InChI=1S/C17H12Cl2N4OS/c18-12-6-4-5-11(9-12)16(24)23-20-10-14-15(19)22-17(25-14)21-13-7-2-1-3-8-13/h1-10H,(H,21,22)(H,23,24)/b20-10+. The highest BCUT2D eigenvalue weighted by molar-refractivity contribution is 7.17. The van der Waals surface area contributed by atoms with Crippen molar-refractivity contribution in [3.8, 4) is 0 Å². The number of amides is 1. The second-order valence-corrected chi connectivity index (χ2v) is 6.70. The fraction of sp³-hybridized carbons (Fsp3) is 0. The molecule has 0 unspecified atom stereocenters. The minimum atomic E-state index is -0.359. The number of hydrogen-bond donors (Lipinski definition) is 2. The van der Waals surface area contributed by atoms with Crippen LogP contribution in [0, 0.1) is 0 Å². The van der Waals surface area contributed by atoms with E-state index >= 15 is 0 Å². The molecule has 0 atom stereocenters. The molecular weight excluding hydrogens is 379 g/mol. The number of hydrazone groups is 1. The SMILES string of the molecule is O=C(N/N=C/c1sc(Nc2ccccc2)nc1Cl)c1cccc(Cl)c1. The topological polar surface area (TPSA) is 66.4 Å². The lowest BCUT2D eigenvalue weighted by Gasteiger charge is -2.00. The average Bonchev–Trinajstić information content (AvgIpc) is 2.95. The third-order valence-corrected chi connectivity index (χ3v) is 4.61. The Labute approximate surface area is 158 Å². The number of carbonyl (C=O) groups excluding carboxylic acids is 1. The van der Waals surface area contributed by atoms with E-state index in [0.29, 0.717) is 25.7 Å². The van der Waals surface area contributed by atoms with E-state index in [1.54, 1.807) is 24.3 Å². The highest BCUT2D eigenvalue weighted by Gasteiger charge is 2.08. The van der Waals surface area contributed by atoms with Crippen LogP contribution in [-0.2, 0) is 0 Å². The molecule has 0 fully saturated rings. The molecule has 0 saturated heterocycles. The molecule has 0 spiro atoms. The van der Waals surface area contributed by atoms with Gasteiger partial charge in [0, 0.05) is 16.3 Å². The van der Waals surface area contributed by atoms with Gasteiger partial charge < -0.3 is 5.32 Å². The maximum absolute atomic E-state index is 12.0. The van der Waals surface area contributed by atoms with Gasteiger partial charge in [-0.2, -0.15) is 5.10 Å². The van der Waals surface area contributed by atoms with E-state index in [1.165, 1.54) is 17.6 Å². The number of aromatic nitrogens is 1. The summed E-state index contributed by atoms with van der Waals surface area (Å²) in [6, 6.07) is 16.2. The number of carbonyl (C=O) groups is 1. The molecule has 3 aromatic rings. The van der Waals surface area contributed by atoms with Gasteiger partial charge in [0.2, 0.25) is 0 Å². The lowest BCUT2D eigenvalue weighted by Crippen LogP contribution is -2.17. The first-order valence-corrected chi connectivity index (χ1v) is 8.76. The number of hydrogen-bond acceptors (Lipinski definition) is 5. The summed E-state index contributed by atoms with van der Waals surface area (Å²) in [7, 11) is 0. The Kier molecular flexibility index (Phi) is 5.65. The number of benzene rings is 2. The van der Waals surface area contributed by atoms with E-state index in [4.69, 9.17) is 23.2 Å². The van der Waals surface area contributed by atoms with E-state index in [-0.39, 0.29) is 5.91 Å². The molecule has 3 rings (SSSR count). The first-order chi connectivity index (χ1) is 12.1. The van der Waals surface area contributed by atoms with E-state index in [2.05, 4.69) is 20.8 Å². The van der Waals surface area contributed by atoms with Crippen LogP contribution in [0.1, 0.15) is 15.2 Å². The quantitative estimate of drug-likeness (QED) is 0.477. The van der Waals surface area contributed by atoms with Crippen LogP contribution in [0.25, 0.3) is 0 Å². The summed E-state index contributed by atoms with van der Waals surface area (Å²) in [5.41, 5.74) is 3.76. The largest absolute Gasteiger partial charge is 0.331 e. The van der Waals surface area contributed by atoms with Gasteiger partial charge in [-0.1, -0.05) is 58.8 Å². The minimum Gasteiger partial charge on any atom is -0.331 e. The lowest BCUT2D eigenvalue weighted by atomic mass is 10.2. The molecule has 0 bridgehead atoms. The van der Waals surface area contributed by atoms with Crippen LogP contribution >= 0.6 is 34.5 Å². The molecule has 2 aromatic carbocycles. The summed E-state index contributed by atoms with van der Waals surface area (Å²) >= 11 is 13.3. The molecular formula is C17H12Cl2N4OS. The van der Waals surface area contributed by atoms with Crippen molar-refractivity contribution in [1.82, 2.24) is 10.4 Å². The maximum Gasteiger partial charge on any atom is 0.271 e. The minimum absolute atomic E-state index is 0.309. The van der Waals surface area contributed by atoms with Crippen molar-refractivity contribution in [2.75, 3.05) is 5.32 Å². The van der Waals surface area contributed by atoms with Crippen LogP contribution < -0.4 is 10.7 Å². The van der Waals surface area contributed by atoms with Crippen LogP contribution in [0.5, 0.6) is 0 Å². The average molecular weight is 391 g/mol. The van der Waals surface area contributed by atoms with E-state index in [0.717, 1.165) is 5.69 Å². The number of para-hydroxylation sites is 1. The Morgan fingerprint density at radius 1 is 1.12 bits per heavy atom. The van der Waals surface area contributed by atoms with Crippen molar-refractivity contribution >= 4 is 57.5 Å². The second-order valence-electron chi connectivity index (χ2n) is 4.87. The van der Waals surface area contributed by atoms with Gasteiger partial charge in [0.1, 0.15) is 0 Å². The van der Waals surface area contributed by atoms with E-state index in [9.17, 15) is 4.79 Å².